The Balaban J connectivity index is 2.08. The molecule has 21 heavy (non-hydrogen) atoms. The maximum atomic E-state index is 11.7. The largest absolute Gasteiger partial charge is 0.465 e. The van der Waals surface area contributed by atoms with Crippen molar-refractivity contribution in [3.05, 3.63) is 53.5 Å². The number of benzene rings is 1. The molecule has 0 N–H and O–H groups in total. The zero-order valence-electron chi connectivity index (χ0n) is 11.6. The van der Waals surface area contributed by atoms with E-state index in [1.807, 2.05) is 12.1 Å². The maximum Gasteiger partial charge on any atom is 0.373 e. The fourth-order valence-electron chi connectivity index (χ4n) is 1.69. The minimum atomic E-state index is -0.513. The zero-order chi connectivity index (χ0) is 15.2. The minimum Gasteiger partial charge on any atom is -0.465 e. The molecule has 6 heteroatoms. The van der Waals surface area contributed by atoms with Crippen LogP contribution < -0.4 is 0 Å². The van der Waals surface area contributed by atoms with Crippen LogP contribution in [0.15, 0.2) is 45.7 Å². The summed E-state index contributed by atoms with van der Waals surface area (Å²) in [6.45, 7) is 0. The molecule has 2 rings (SSSR count). The molecular formula is C15H14O5S. The number of hydrogen-bond donors (Lipinski definition) is 0. The molecule has 0 atom stereocenters. The van der Waals surface area contributed by atoms with Gasteiger partial charge in [0.25, 0.3) is 0 Å². The summed E-state index contributed by atoms with van der Waals surface area (Å²) < 4.78 is 14.7. The fraction of sp³-hybridized carbons (Fsp3) is 0.200. The molecule has 1 heterocycles. The van der Waals surface area contributed by atoms with Crippen LogP contribution in [-0.2, 0) is 15.2 Å². The van der Waals surface area contributed by atoms with E-state index in [0.29, 0.717) is 17.1 Å². The Bertz CT molecular complexity index is 647. The summed E-state index contributed by atoms with van der Waals surface area (Å²) in [7, 11) is 2.64. The van der Waals surface area contributed by atoms with Crippen molar-refractivity contribution in [3.63, 3.8) is 0 Å². The van der Waals surface area contributed by atoms with Crippen LogP contribution in [0.3, 0.4) is 0 Å². The summed E-state index contributed by atoms with van der Waals surface area (Å²) in [5, 5.41) is 0. The van der Waals surface area contributed by atoms with Gasteiger partial charge in [-0.3, -0.25) is 0 Å². The van der Waals surface area contributed by atoms with Crippen LogP contribution in [0.5, 0.6) is 0 Å². The van der Waals surface area contributed by atoms with E-state index in [9.17, 15) is 9.59 Å². The third-order valence-corrected chi connectivity index (χ3v) is 3.81. The number of hydrogen-bond acceptors (Lipinski definition) is 6. The van der Waals surface area contributed by atoms with Gasteiger partial charge in [0, 0.05) is 4.90 Å². The van der Waals surface area contributed by atoms with Crippen molar-refractivity contribution < 1.29 is 23.5 Å². The van der Waals surface area contributed by atoms with Crippen LogP contribution in [0.2, 0.25) is 0 Å². The summed E-state index contributed by atoms with van der Waals surface area (Å²) in [4.78, 5) is 23.7. The predicted octanol–water partition coefficient (Wildman–Crippen LogP) is 3.15. The molecule has 0 bridgehead atoms. The molecule has 1 aromatic heterocycles. The molecule has 2 aromatic rings. The number of esters is 2. The molecule has 0 fully saturated rings. The SMILES string of the molecule is COC(=O)c1ccc(CSc2ccccc2C(=O)OC)o1. The summed E-state index contributed by atoms with van der Waals surface area (Å²) in [5.74, 6) is 0.383. The highest BCUT2D eigenvalue weighted by Gasteiger charge is 2.14. The molecule has 0 aliphatic rings. The highest BCUT2D eigenvalue weighted by atomic mass is 32.2. The van der Waals surface area contributed by atoms with Crippen LogP contribution in [0, 0.1) is 0 Å². The van der Waals surface area contributed by atoms with E-state index < -0.39 is 5.97 Å². The number of methoxy groups -OCH3 is 2. The van der Waals surface area contributed by atoms with E-state index in [0.717, 1.165) is 4.90 Å². The molecule has 0 saturated carbocycles. The molecule has 110 valence electrons. The van der Waals surface area contributed by atoms with Gasteiger partial charge in [-0.15, -0.1) is 11.8 Å². The molecule has 0 radical (unpaired) electrons. The minimum absolute atomic E-state index is 0.161. The Labute approximate surface area is 126 Å². The summed E-state index contributed by atoms with van der Waals surface area (Å²) in [6.07, 6.45) is 0. The molecule has 5 nitrogen and oxygen atoms in total. The van der Waals surface area contributed by atoms with Gasteiger partial charge in [0.15, 0.2) is 0 Å². The van der Waals surface area contributed by atoms with Gasteiger partial charge in [-0.1, -0.05) is 12.1 Å². The van der Waals surface area contributed by atoms with Crippen LogP contribution >= 0.6 is 11.8 Å². The Hall–Kier alpha value is -2.21. The molecule has 0 amide bonds. The summed E-state index contributed by atoms with van der Waals surface area (Å²) in [5.41, 5.74) is 0.504. The third kappa shape index (κ3) is 3.66. The molecule has 0 unspecified atom stereocenters. The van der Waals surface area contributed by atoms with Crippen molar-refractivity contribution in [2.75, 3.05) is 14.2 Å². The van der Waals surface area contributed by atoms with E-state index in [1.165, 1.54) is 26.0 Å². The first kappa shape index (κ1) is 15.2. The average molecular weight is 306 g/mol. The number of furan rings is 1. The lowest BCUT2D eigenvalue weighted by Crippen LogP contribution is -2.02. The monoisotopic (exact) mass is 306 g/mol. The van der Waals surface area contributed by atoms with Gasteiger partial charge in [0.05, 0.1) is 25.5 Å². The van der Waals surface area contributed by atoms with Crippen LogP contribution in [0.25, 0.3) is 0 Å². The van der Waals surface area contributed by atoms with Gasteiger partial charge in [-0.2, -0.15) is 0 Å². The number of rotatable bonds is 5. The Morgan fingerprint density at radius 3 is 2.48 bits per heavy atom. The highest BCUT2D eigenvalue weighted by Crippen LogP contribution is 2.27. The van der Waals surface area contributed by atoms with E-state index in [-0.39, 0.29) is 11.7 Å². The fourth-order valence-corrected chi connectivity index (χ4v) is 2.62. The van der Waals surface area contributed by atoms with Gasteiger partial charge < -0.3 is 13.9 Å². The molecule has 0 aliphatic carbocycles. The second-order valence-corrected chi connectivity index (χ2v) is 5.05. The number of ether oxygens (including phenoxy) is 2. The Kier molecular flexibility index (Phi) is 5.05. The topological polar surface area (TPSA) is 65.7 Å². The predicted molar refractivity (Wildman–Crippen MR) is 77.4 cm³/mol. The quantitative estimate of drug-likeness (QED) is 0.624. The normalized spacial score (nSPS) is 10.2. The van der Waals surface area contributed by atoms with Crippen LogP contribution in [0.4, 0.5) is 0 Å². The standard InChI is InChI=1S/C15H14O5S/c1-18-14(16)11-5-3-4-6-13(11)21-9-10-7-8-12(20-10)15(17)19-2/h3-8H,9H2,1-2H3. The van der Waals surface area contributed by atoms with Gasteiger partial charge in [0.2, 0.25) is 5.76 Å². The lowest BCUT2D eigenvalue weighted by molar-refractivity contribution is 0.0561. The maximum absolute atomic E-state index is 11.7. The molecule has 0 spiro atoms. The Morgan fingerprint density at radius 1 is 1.05 bits per heavy atom. The lowest BCUT2D eigenvalue weighted by atomic mass is 10.2. The zero-order valence-corrected chi connectivity index (χ0v) is 12.4. The van der Waals surface area contributed by atoms with E-state index in [2.05, 4.69) is 4.74 Å². The van der Waals surface area contributed by atoms with E-state index >= 15 is 0 Å². The van der Waals surface area contributed by atoms with Crippen LogP contribution in [0.1, 0.15) is 26.7 Å². The van der Waals surface area contributed by atoms with Crippen molar-refractivity contribution in [1.82, 2.24) is 0 Å². The van der Waals surface area contributed by atoms with Crippen molar-refractivity contribution in [2.45, 2.75) is 10.6 Å². The first-order valence-electron chi connectivity index (χ1n) is 6.13. The van der Waals surface area contributed by atoms with Crippen molar-refractivity contribution in [1.29, 1.82) is 0 Å². The number of carbonyl (C=O) groups excluding carboxylic acids is 2. The molecular weight excluding hydrogens is 292 g/mol. The molecule has 0 aliphatic heterocycles. The van der Waals surface area contributed by atoms with Gasteiger partial charge in [-0.05, 0) is 24.3 Å². The highest BCUT2D eigenvalue weighted by molar-refractivity contribution is 7.98. The van der Waals surface area contributed by atoms with Gasteiger partial charge in [-0.25, -0.2) is 9.59 Å². The smallest absolute Gasteiger partial charge is 0.373 e. The number of thioether (sulfide) groups is 1. The lowest BCUT2D eigenvalue weighted by Gasteiger charge is -2.06. The van der Waals surface area contributed by atoms with Crippen molar-refractivity contribution in [2.24, 2.45) is 0 Å². The van der Waals surface area contributed by atoms with E-state index in [1.54, 1.807) is 24.3 Å². The first-order valence-corrected chi connectivity index (χ1v) is 7.11. The Morgan fingerprint density at radius 2 is 1.76 bits per heavy atom. The van der Waals surface area contributed by atoms with Crippen LogP contribution in [-0.4, -0.2) is 26.2 Å². The summed E-state index contributed by atoms with van der Waals surface area (Å²) >= 11 is 1.43. The molecule has 0 saturated heterocycles. The third-order valence-electron chi connectivity index (χ3n) is 2.71. The van der Waals surface area contributed by atoms with Crippen molar-refractivity contribution >= 4 is 23.7 Å². The first-order chi connectivity index (χ1) is 10.2. The average Bonchev–Trinajstić information content (AvgIpc) is 3.00. The summed E-state index contributed by atoms with van der Waals surface area (Å²) in [6, 6.07) is 10.4. The molecule has 1 aromatic carbocycles. The van der Waals surface area contributed by atoms with Crippen molar-refractivity contribution in [3.8, 4) is 0 Å². The van der Waals surface area contributed by atoms with Gasteiger partial charge >= 0.3 is 11.9 Å². The second-order valence-electron chi connectivity index (χ2n) is 4.03. The number of carbonyl (C=O) groups is 2. The van der Waals surface area contributed by atoms with Gasteiger partial charge in [0.1, 0.15) is 5.76 Å². The second kappa shape index (κ2) is 6.99. The van der Waals surface area contributed by atoms with E-state index in [4.69, 9.17) is 9.15 Å².